The highest BCUT2D eigenvalue weighted by Gasteiger charge is 2.20. The second kappa shape index (κ2) is 11.4. The Kier molecular flexibility index (Phi) is 9.24. The number of thiophene rings is 1. The number of benzene rings is 1. The molecule has 28 heavy (non-hydrogen) atoms. The molecular weight excluding hydrogens is 483 g/mol. The van der Waals surface area contributed by atoms with Gasteiger partial charge < -0.3 is 15.5 Å². The number of halogens is 1. The third-order valence-electron chi connectivity index (χ3n) is 4.80. The predicted molar refractivity (Wildman–Crippen MR) is 128 cm³/mol. The summed E-state index contributed by atoms with van der Waals surface area (Å²) in [5.41, 5.74) is 2.60. The number of hydrogen-bond acceptors (Lipinski definition) is 3. The maximum Gasteiger partial charge on any atom is 0.244 e. The number of fused-ring (bicyclic) bond motifs is 1. The monoisotopic (exact) mass is 512 g/mol. The second-order valence-electron chi connectivity index (χ2n) is 6.83. The number of aliphatic imine (C=N–C) groups is 1. The number of amides is 1. The number of carbonyl (C=O) groups is 1. The van der Waals surface area contributed by atoms with Gasteiger partial charge in [0.05, 0.1) is 0 Å². The molecule has 1 aliphatic rings. The molecule has 1 atom stereocenters. The Morgan fingerprint density at radius 3 is 2.71 bits per heavy atom. The summed E-state index contributed by atoms with van der Waals surface area (Å²) in [5, 5.41) is 8.68. The smallest absolute Gasteiger partial charge is 0.244 e. The van der Waals surface area contributed by atoms with Crippen LogP contribution in [0, 0.1) is 0 Å². The molecule has 0 radical (unpaired) electrons. The Balaban J connectivity index is 0.00000280. The van der Waals surface area contributed by atoms with Crippen molar-refractivity contribution >= 4 is 47.2 Å². The average Bonchev–Trinajstić information content (AvgIpc) is 3.24. The van der Waals surface area contributed by atoms with E-state index in [4.69, 9.17) is 0 Å². The lowest BCUT2D eigenvalue weighted by atomic mass is 10.00. The van der Waals surface area contributed by atoms with E-state index < -0.39 is 0 Å². The molecule has 2 N–H and O–H groups in total. The summed E-state index contributed by atoms with van der Waals surface area (Å²) in [6, 6.07) is 12.6. The van der Waals surface area contributed by atoms with Crippen LogP contribution in [0.25, 0.3) is 0 Å². The molecular formula is C21H29IN4OS. The lowest BCUT2D eigenvalue weighted by molar-refractivity contribution is -0.130. The molecule has 1 aromatic heterocycles. The summed E-state index contributed by atoms with van der Waals surface area (Å²) in [7, 11) is 0. The maximum atomic E-state index is 12.6. The van der Waals surface area contributed by atoms with E-state index in [0.717, 1.165) is 26.1 Å². The van der Waals surface area contributed by atoms with Gasteiger partial charge >= 0.3 is 0 Å². The van der Waals surface area contributed by atoms with Crippen LogP contribution in [-0.4, -0.2) is 42.9 Å². The second-order valence-corrected chi connectivity index (χ2v) is 7.81. The minimum atomic E-state index is 0. The van der Waals surface area contributed by atoms with E-state index in [1.165, 1.54) is 16.0 Å². The van der Waals surface area contributed by atoms with Gasteiger partial charge in [-0.3, -0.25) is 4.79 Å². The molecule has 7 heteroatoms. The third-order valence-corrected chi connectivity index (χ3v) is 5.91. The van der Waals surface area contributed by atoms with Crippen molar-refractivity contribution in [1.29, 1.82) is 0 Å². The van der Waals surface area contributed by atoms with E-state index in [0.29, 0.717) is 18.4 Å². The molecule has 0 saturated carbocycles. The van der Waals surface area contributed by atoms with Gasteiger partial charge in [0.15, 0.2) is 5.96 Å². The van der Waals surface area contributed by atoms with Gasteiger partial charge in [0.1, 0.15) is 6.54 Å². The van der Waals surface area contributed by atoms with Crippen LogP contribution in [0.2, 0.25) is 0 Å². The first kappa shape index (κ1) is 22.7. The number of nitrogens with zero attached hydrogens (tertiary/aromatic N) is 2. The van der Waals surface area contributed by atoms with E-state index in [1.54, 1.807) is 11.3 Å². The van der Waals surface area contributed by atoms with Gasteiger partial charge in [0.25, 0.3) is 0 Å². The molecule has 3 rings (SSSR count). The van der Waals surface area contributed by atoms with Gasteiger partial charge in [-0.05, 0) is 35.9 Å². The maximum absolute atomic E-state index is 12.6. The van der Waals surface area contributed by atoms with Crippen LogP contribution < -0.4 is 10.6 Å². The summed E-state index contributed by atoms with van der Waals surface area (Å²) in [4.78, 5) is 20.4. The van der Waals surface area contributed by atoms with Gasteiger partial charge in [-0.15, -0.1) is 35.3 Å². The topological polar surface area (TPSA) is 56.7 Å². The largest absolute Gasteiger partial charge is 0.357 e. The van der Waals surface area contributed by atoms with Crippen LogP contribution in [0.15, 0.2) is 46.8 Å². The molecule has 2 aromatic rings. The lowest BCUT2D eigenvalue weighted by Gasteiger charge is -2.28. The van der Waals surface area contributed by atoms with E-state index in [1.807, 2.05) is 17.9 Å². The molecule has 152 valence electrons. The van der Waals surface area contributed by atoms with Gasteiger partial charge in [0, 0.05) is 37.0 Å². The highest BCUT2D eigenvalue weighted by atomic mass is 127. The van der Waals surface area contributed by atoms with Crippen LogP contribution in [-0.2, 0) is 17.8 Å². The number of guanidine groups is 1. The number of carbonyl (C=O) groups excluding carboxylic acids is 1. The van der Waals surface area contributed by atoms with Crippen molar-refractivity contribution in [2.45, 2.75) is 32.7 Å². The Morgan fingerprint density at radius 1 is 1.21 bits per heavy atom. The molecule has 0 saturated heterocycles. The first-order chi connectivity index (χ1) is 13.2. The summed E-state index contributed by atoms with van der Waals surface area (Å²) in [6.45, 7) is 7.41. The van der Waals surface area contributed by atoms with Gasteiger partial charge in [-0.25, -0.2) is 4.99 Å². The Morgan fingerprint density at radius 2 is 2.00 bits per heavy atom. The zero-order valence-electron chi connectivity index (χ0n) is 16.5. The molecule has 0 spiro atoms. The minimum absolute atomic E-state index is 0. The molecule has 5 nitrogen and oxygen atoms in total. The predicted octanol–water partition coefficient (Wildman–Crippen LogP) is 3.61. The average molecular weight is 512 g/mol. The number of nitrogens with one attached hydrogen (secondary N) is 2. The van der Waals surface area contributed by atoms with Crippen molar-refractivity contribution < 1.29 is 4.79 Å². The Labute approximate surface area is 188 Å². The standard InChI is InChI=1S/C21H28N4OS.HI/c1-3-22-21(23-13-16(2)19-9-6-12-27-19)24-14-20(26)25-11-10-17-7-4-5-8-18(17)15-25;/h4-9,12,16H,3,10-11,13-15H2,1-2H3,(H2,22,23,24);1H. The van der Waals surface area contributed by atoms with Crippen LogP contribution in [0.4, 0.5) is 0 Å². The van der Waals surface area contributed by atoms with Crippen LogP contribution >= 0.6 is 35.3 Å². The molecule has 1 aromatic carbocycles. The van der Waals surface area contributed by atoms with E-state index >= 15 is 0 Å². The van der Waals surface area contributed by atoms with Crippen molar-refractivity contribution in [2.75, 3.05) is 26.2 Å². The van der Waals surface area contributed by atoms with Gasteiger partial charge in [-0.1, -0.05) is 37.3 Å². The van der Waals surface area contributed by atoms with Crippen LogP contribution in [0.5, 0.6) is 0 Å². The third kappa shape index (κ3) is 6.20. The first-order valence-corrected chi connectivity index (χ1v) is 10.5. The fourth-order valence-corrected chi connectivity index (χ4v) is 4.01. The summed E-state index contributed by atoms with van der Waals surface area (Å²) >= 11 is 1.77. The molecule has 0 fully saturated rings. The molecule has 0 bridgehead atoms. The van der Waals surface area contributed by atoms with E-state index in [-0.39, 0.29) is 36.4 Å². The molecule has 0 aliphatic carbocycles. The van der Waals surface area contributed by atoms with Crippen molar-refractivity contribution in [3.05, 3.63) is 57.8 Å². The van der Waals surface area contributed by atoms with Crippen molar-refractivity contribution in [2.24, 2.45) is 4.99 Å². The van der Waals surface area contributed by atoms with Crippen LogP contribution in [0.3, 0.4) is 0 Å². The molecule has 1 amide bonds. The molecule has 1 aliphatic heterocycles. The summed E-state index contributed by atoms with van der Waals surface area (Å²) in [6.07, 6.45) is 0.919. The summed E-state index contributed by atoms with van der Waals surface area (Å²) < 4.78 is 0. The van der Waals surface area contributed by atoms with E-state index in [2.05, 4.69) is 58.3 Å². The summed E-state index contributed by atoms with van der Waals surface area (Å²) in [5.74, 6) is 1.18. The zero-order chi connectivity index (χ0) is 19.1. The number of rotatable bonds is 6. The Bertz CT molecular complexity index is 778. The van der Waals surface area contributed by atoms with Gasteiger partial charge in [0.2, 0.25) is 5.91 Å². The van der Waals surface area contributed by atoms with E-state index in [9.17, 15) is 4.79 Å². The highest BCUT2D eigenvalue weighted by Crippen LogP contribution is 2.20. The fourth-order valence-electron chi connectivity index (χ4n) is 3.22. The first-order valence-electron chi connectivity index (χ1n) is 9.57. The normalized spacial score (nSPS) is 14.6. The Hall–Kier alpha value is -1.61. The van der Waals surface area contributed by atoms with Crippen molar-refractivity contribution in [3.63, 3.8) is 0 Å². The lowest BCUT2D eigenvalue weighted by Crippen LogP contribution is -2.41. The molecule has 2 heterocycles. The van der Waals surface area contributed by atoms with Crippen molar-refractivity contribution in [3.8, 4) is 0 Å². The fraction of sp³-hybridized carbons (Fsp3) is 0.429. The van der Waals surface area contributed by atoms with Crippen LogP contribution in [0.1, 0.15) is 35.8 Å². The van der Waals surface area contributed by atoms with Gasteiger partial charge in [-0.2, -0.15) is 0 Å². The highest BCUT2D eigenvalue weighted by molar-refractivity contribution is 14.0. The minimum Gasteiger partial charge on any atom is -0.357 e. The molecule has 1 unspecified atom stereocenters. The quantitative estimate of drug-likeness (QED) is 0.353. The number of hydrogen-bond donors (Lipinski definition) is 2. The van der Waals surface area contributed by atoms with Crippen molar-refractivity contribution in [1.82, 2.24) is 15.5 Å². The zero-order valence-corrected chi connectivity index (χ0v) is 19.6. The SMILES string of the molecule is CCNC(=NCC(=O)N1CCc2ccccc2C1)NCC(C)c1cccs1.I.